The van der Waals surface area contributed by atoms with E-state index in [9.17, 15) is 29.7 Å². The third-order valence-corrected chi connectivity index (χ3v) is 8.89. The first-order chi connectivity index (χ1) is 20.5. The van der Waals surface area contributed by atoms with Gasteiger partial charge >= 0.3 is 17.9 Å². The molecule has 0 aromatic carbocycles. The Morgan fingerprint density at radius 3 is 1.07 bits per heavy atom. The third-order valence-electron chi connectivity index (χ3n) is 8.89. The molecular formula is C36H68NO6+. The predicted molar refractivity (Wildman–Crippen MR) is 177 cm³/mol. The maximum Gasteiger partial charge on any atom is 0.311 e. The summed E-state index contributed by atoms with van der Waals surface area (Å²) in [5.41, 5.74) is 0. The van der Waals surface area contributed by atoms with E-state index in [0.717, 1.165) is 38.5 Å². The van der Waals surface area contributed by atoms with Crippen molar-refractivity contribution in [1.29, 1.82) is 0 Å². The molecule has 0 spiro atoms. The third kappa shape index (κ3) is 23.2. The van der Waals surface area contributed by atoms with E-state index >= 15 is 0 Å². The molecule has 0 rings (SSSR count). The van der Waals surface area contributed by atoms with E-state index in [1.54, 1.807) is 20.8 Å². The van der Waals surface area contributed by atoms with Crippen LogP contribution in [0.2, 0.25) is 0 Å². The van der Waals surface area contributed by atoms with Gasteiger partial charge in [0.05, 0.1) is 26.2 Å². The topological polar surface area (TPSA) is 112 Å². The van der Waals surface area contributed by atoms with Crippen LogP contribution in [0.3, 0.4) is 0 Å². The Kier molecular flexibility index (Phi) is 25.3. The summed E-state index contributed by atoms with van der Waals surface area (Å²) in [5.74, 6) is -4.83. The number of unbranched alkanes of at least 4 members (excludes halogenated alkanes) is 18. The summed E-state index contributed by atoms with van der Waals surface area (Å²) < 4.78 is 0.216. The van der Waals surface area contributed by atoms with E-state index in [2.05, 4.69) is 19.1 Å². The fourth-order valence-electron chi connectivity index (χ4n) is 6.23. The first-order valence-electron chi connectivity index (χ1n) is 17.7. The van der Waals surface area contributed by atoms with Gasteiger partial charge in [-0.25, -0.2) is 0 Å². The van der Waals surface area contributed by atoms with Gasteiger partial charge in [-0.1, -0.05) is 109 Å². The highest BCUT2D eigenvalue weighted by molar-refractivity contribution is 5.70. The van der Waals surface area contributed by atoms with Crippen LogP contribution in [0.15, 0.2) is 12.2 Å². The fourth-order valence-corrected chi connectivity index (χ4v) is 6.23. The van der Waals surface area contributed by atoms with Crippen molar-refractivity contribution in [2.24, 2.45) is 17.8 Å². The van der Waals surface area contributed by atoms with Gasteiger partial charge in [0, 0.05) is 0 Å². The first kappa shape index (κ1) is 41.1. The zero-order valence-corrected chi connectivity index (χ0v) is 28.4. The van der Waals surface area contributed by atoms with E-state index < -0.39 is 35.7 Å². The molecule has 43 heavy (non-hydrogen) atoms. The van der Waals surface area contributed by atoms with E-state index in [-0.39, 0.29) is 24.1 Å². The molecule has 0 aliphatic carbocycles. The maximum atomic E-state index is 11.6. The Morgan fingerprint density at radius 2 is 0.767 bits per heavy atom. The molecular weight excluding hydrogens is 542 g/mol. The van der Waals surface area contributed by atoms with Crippen LogP contribution in [0.4, 0.5) is 0 Å². The zero-order valence-electron chi connectivity index (χ0n) is 28.4. The minimum Gasteiger partial charge on any atom is -0.481 e. The average molecular weight is 611 g/mol. The second-order valence-electron chi connectivity index (χ2n) is 13.4. The highest BCUT2D eigenvalue weighted by atomic mass is 16.4. The molecule has 7 heteroatoms. The lowest BCUT2D eigenvalue weighted by atomic mass is 10.0. The number of carbonyl (C=O) groups is 3. The highest BCUT2D eigenvalue weighted by Gasteiger charge is 2.38. The molecule has 0 fully saturated rings. The molecule has 3 atom stereocenters. The Bertz CT molecular complexity index is 697. The van der Waals surface area contributed by atoms with E-state index in [1.807, 2.05) is 0 Å². The first-order valence-corrected chi connectivity index (χ1v) is 17.7. The lowest BCUT2D eigenvalue weighted by Gasteiger charge is -2.42. The summed E-state index contributed by atoms with van der Waals surface area (Å²) in [6, 6.07) is 0. The van der Waals surface area contributed by atoms with Gasteiger partial charge in [0.2, 0.25) is 0 Å². The van der Waals surface area contributed by atoms with Gasteiger partial charge in [0.1, 0.15) is 17.8 Å². The van der Waals surface area contributed by atoms with Gasteiger partial charge in [-0.05, 0) is 59.3 Å². The van der Waals surface area contributed by atoms with Gasteiger partial charge in [-0.3, -0.25) is 14.4 Å². The Labute approximate surface area is 264 Å². The standard InChI is InChI=1S/C36H67NO6/c1-5-6-7-8-9-10-11-12-13-14-15-16-17-18-19-20-21-22-23-24-25-26-27-37(28-31(2)34(38)39,29-32(3)35(40)41)30-33(4)36(42)43/h20-21,31-33H,5-19,22-30H2,1-4H3,(H2-,38,39,40,41,42,43)/p+1/b21-20+. The SMILES string of the molecule is CCCCCCCCCCCCCCCC/C=C/CCCCCC[N+](CC(C)C(=O)O)(CC(C)C(=O)O)CC(C)C(=O)O. The van der Waals surface area contributed by atoms with Crippen LogP contribution in [0, 0.1) is 17.8 Å². The number of carboxylic acids is 3. The van der Waals surface area contributed by atoms with Gasteiger partial charge in [-0.15, -0.1) is 0 Å². The van der Waals surface area contributed by atoms with Crippen molar-refractivity contribution in [2.45, 2.75) is 156 Å². The number of hydrogen-bond donors (Lipinski definition) is 3. The highest BCUT2D eigenvalue weighted by Crippen LogP contribution is 2.22. The molecule has 0 saturated heterocycles. The van der Waals surface area contributed by atoms with Crippen LogP contribution >= 0.6 is 0 Å². The quantitative estimate of drug-likeness (QED) is 0.0410. The largest absolute Gasteiger partial charge is 0.481 e. The van der Waals surface area contributed by atoms with Gasteiger partial charge in [0.15, 0.2) is 0 Å². The second-order valence-corrected chi connectivity index (χ2v) is 13.4. The van der Waals surface area contributed by atoms with Crippen LogP contribution in [0.1, 0.15) is 156 Å². The second kappa shape index (κ2) is 26.5. The minimum absolute atomic E-state index is 0.216. The van der Waals surface area contributed by atoms with Crippen molar-refractivity contribution in [3.8, 4) is 0 Å². The molecule has 0 aromatic heterocycles. The Balaban J connectivity index is 4.19. The molecule has 3 unspecified atom stereocenters. The molecule has 0 heterocycles. The van der Waals surface area contributed by atoms with Crippen molar-refractivity contribution in [3.05, 3.63) is 12.2 Å². The monoisotopic (exact) mass is 611 g/mol. The summed E-state index contributed by atoms with van der Waals surface area (Å²) in [5, 5.41) is 28.6. The summed E-state index contributed by atoms with van der Waals surface area (Å²) in [7, 11) is 0. The van der Waals surface area contributed by atoms with E-state index in [4.69, 9.17) is 0 Å². The van der Waals surface area contributed by atoms with E-state index in [1.165, 1.54) is 89.9 Å². The van der Waals surface area contributed by atoms with Gasteiger partial charge < -0.3 is 19.8 Å². The maximum absolute atomic E-state index is 11.6. The molecule has 0 bridgehead atoms. The molecule has 252 valence electrons. The van der Waals surface area contributed by atoms with Crippen molar-refractivity contribution in [2.75, 3.05) is 26.2 Å². The fraction of sp³-hybridized carbons (Fsp3) is 0.861. The molecule has 0 aromatic rings. The number of nitrogens with zero attached hydrogens (tertiary/aromatic N) is 1. The average Bonchev–Trinajstić information content (AvgIpc) is 2.95. The smallest absolute Gasteiger partial charge is 0.311 e. The van der Waals surface area contributed by atoms with Crippen molar-refractivity contribution in [3.63, 3.8) is 0 Å². The zero-order chi connectivity index (χ0) is 32.3. The summed E-state index contributed by atoms with van der Waals surface area (Å²) in [6.07, 6.45) is 30.1. The van der Waals surface area contributed by atoms with Crippen LogP contribution in [-0.4, -0.2) is 63.9 Å². The molecule has 0 amide bonds. The van der Waals surface area contributed by atoms with Crippen molar-refractivity contribution >= 4 is 17.9 Å². The lowest BCUT2D eigenvalue weighted by Crippen LogP contribution is -2.57. The summed E-state index contributed by atoms with van der Waals surface area (Å²) in [6.45, 7) is 8.47. The molecule has 0 aliphatic heterocycles. The van der Waals surface area contributed by atoms with Crippen LogP contribution in [0.25, 0.3) is 0 Å². The van der Waals surface area contributed by atoms with Crippen LogP contribution < -0.4 is 0 Å². The number of hydrogen-bond acceptors (Lipinski definition) is 3. The number of rotatable bonds is 31. The van der Waals surface area contributed by atoms with Crippen molar-refractivity contribution in [1.82, 2.24) is 0 Å². The van der Waals surface area contributed by atoms with Crippen LogP contribution in [-0.2, 0) is 14.4 Å². The molecule has 0 aliphatic rings. The number of aliphatic carboxylic acids is 3. The Morgan fingerprint density at radius 1 is 0.488 bits per heavy atom. The van der Waals surface area contributed by atoms with E-state index in [0.29, 0.717) is 6.54 Å². The predicted octanol–water partition coefficient (Wildman–Crippen LogP) is 9.34. The number of carboxylic acid groups (broad SMARTS) is 3. The van der Waals surface area contributed by atoms with Crippen molar-refractivity contribution < 1.29 is 34.2 Å². The minimum atomic E-state index is -0.936. The number of quaternary nitrogens is 1. The summed E-state index contributed by atoms with van der Waals surface area (Å²) in [4.78, 5) is 34.9. The van der Waals surface area contributed by atoms with Crippen LogP contribution in [0.5, 0.6) is 0 Å². The summed E-state index contributed by atoms with van der Waals surface area (Å²) >= 11 is 0. The van der Waals surface area contributed by atoms with Gasteiger partial charge in [0.25, 0.3) is 0 Å². The normalized spacial score (nSPS) is 15.3. The molecule has 3 N–H and O–H groups in total. The Hall–Kier alpha value is -1.89. The lowest BCUT2D eigenvalue weighted by molar-refractivity contribution is -0.934. The molecule has 7 nitrogen and oxygen atoms in total. The number of allylic oxidation sites excluding steroid dienone is 2. The molecule has 0 radical (unpaired) electrons. The van der Waals surface area contributed by atoms with Gasteiger partial charge in [-0.2, -0.15) is 0 Å². The molecule has 0 saturated carbocycles.